The highest BCUT2D eigenvalue weighted by atomic mass is 127. The van der Waals surface area contributed by atoms with Gasteiger partial charge in [-0.15, -0.1) is 0 Å². The van der Waals surface area contributed by atoms with Crippen LogP contribution in [0.2, 0.25) is 0 Å². The van der Waals surface area contributed by atoms with E-state index in [1.807, 2.05) is 22.6 Å². The summed E-state index contributed by atoms with van der Waals surface area (Å²) in [7, 11) is 1.30. The minimum absolute atomic E-state index is 0.365. The molecule has 0 fully saturated rings. The minimum atomic E-state index is -0.542. The molecule has 0 saturated carbocycles. The van der Waals surface area contributed by atoms with Crippen molar-refractivity contribution in [3.05, 3.63) is 32.9 Å². The molecule has 0 saturated heterocycles. The summed E-state index contributed by atoms with van der Waals surface area (Å²) in [5, 5.41) is -0.542. The molecule has 1 rings (SSSR count). The second-order valence-electron chi connectivity index (χ2n) is 2.46. The van der Waals surface area contributed by atoms with E-state index in [9.17, 15) is 9.59 Å². The molecule has 0 aliphatic carbocycles. The second kappa shape index (κ2) is 4.75. The molecule has 14 heavy (non-hydrogen) atoms. The van der Waals surface area contributed by atoms with Gasteiger partial charge in [0.05, 0.1) is 12.7 Å². The van der Waals surface area contributed by atoms with Crippen molar-refractivity contribution in [2.24, 2.45) is 0 Å². The monoisotopic (exact) mass is 324 g/mol. The van der Waals surface area contributed by atoms with Crippen LogP contribution < -0.4 is 0 Å². The number of methoxy groups -OCH3 is 1. The number of hydrogen-bond acceptors (Lipinski definition) is 3. The Hall–Kier alpha value is -0.620. The van der Waals surface area contributed by atoms with E-state index in [1.54, 1.807) is 6.07 Å². The number of esters is 1. The van der Waals surface area contributed by atoms with E-state index in [0.29, 0.717) is 14.7 Å². The Bertz CT molecular complexity index is 390. The van der Waals surface area contributed by atoms with Crippen LogP contribution in [0.3, 0.4) is 0 Å². The highest BCUT2D eigenvalue weighted by molar-refractivity contribution is 14.1. The van der Waals surface area contributed by atoms with Crippen molar-refractivity contribution in [1.29, 1.82) is 0 Å². The number of benzene rings is 1. The fraction of sp³-hybridized carbons (Fsp3) is 0.111. The van der Waals surface area contributed by atoms with Crippen LogP contribution in [0, 0.1) is 3.57 Å². The standard InChI is InChI=1S/C9H6ClIO3/c1-14-9(13)6-3-2-5(8(10)12)4-7(6)11/h2-4H,1H3. The number of rotatable bonds is 2. The highest BCUT2D eigenvalue weighted by Gasteiger charge is 2.12. The van der Waals surface area contributed by atoms with Crippen molar-refractivity contribution in [2.75, 3.05) is 7.11 Å². The maximum Gasteiger partial charge on any atom is 0.338 e. The first-order valence-corrected chi connectivity index (χ1v) is 5.09. The first-order chi connectivity index (χ1) is 6.56. The number of carbonyl (C=O) groups is 2. The van der Waals surface area contributed by atoms with E-state index in [1.165, 1.54) is 19.2 Å². The van der Waals surface area contributed by atoms with Gasteiger partial charge in [-0.05, 0) is 52.4 Å². The third-order valence-electron chi connectivity index (χ3n) is 1.60. The molecule has 3 nitrogen and oxygen atoms in total. The quantitative estimate of drug-likeness (QED) is 0.477. The third-order valence-corrected chi connectivity index (χ3v) is 2.71. The molecule has 0 atom stereocenters. The molecular formula is C9H6ClIO3. The van der Waals surface area contributed by atoms with E-state index < -0.39 is 11.2 Å². The molecule has 0 spiro atoms. The Labute approximate surface area is 99.5 Å². The lowest BCUT2D eigenvalue weighted by Crippen LogP contribution is -2.04. The Kier molecular flexibility index (Phi) is 3.88. The Morgan fingerprint density at radius 3 is 2.50 bits per heavy atom. The van der Waals surface area contributed by atoms with Gasteiger partial charge >= 0.3 is 5.97 Å². The van der Waals surface area contributed by atoms with Crippen LogP contribution in [-0.2, 0) is 4.74 Å². The van der Waals surface area contributed by atoms with Crippen LogP contribution in [0.4, 0.5) is 0 Å². The van der Waals surface area contributed by atoms with Crippen molar-refractivity contribution in [2.45, 2.75) is 0 Å². The largest absolute Gasteiger partial charge is 0.465 e. The summed E-state index contributed by atoms with van der Waals surface area (Å²) in [6.07, 6.45) is 0. The lowest BCUT2D eigenvalue weighted by atomic mass is 10.1. The minimum Gasteiger partial charge on any atom is -0.465 e. The van der Waals surface area contributed by atoms with E-state index in [0.717, 1.165) is 0 Å². The average molecular weight is 325 g/mol. The fourth-order valence-corrected chi connectivity index (χ4v) is 1.77. The van der Waals surface area contributed by atoms with Crippen LogP contribution in [0.5, 0.6) is 0 Å². The topological polar surface area (TPSA) is 43.4 Å². The second-order valence-corrected chi connectivity index (χ2v) is 3.97. The van der Waals surface area contributed by atoms with Gasteiger partial charge < -0.3 is 4.74 Å². The van der Waals surface area contributed by atoms with Crippen LogP contribution in [0.25, 0.3) is 0 Å². The Morgan fingerprint density at radius 1 is 1.43 bits per heavy atom. The highest BCUT2D eigenvalue weighted by Crippen LogP contribution is 2.16. The van der Waals surface area contributed by atoms with Crippen LogP contribution in [0.15, 0.2) is 18.2 Å². The summed E-state index contributed by atoms with van der Waals surface area (Å²) >= 11 is 7.23. The fourth-order valence-electron chi connectivity index (χ4n) is 0.913. The average Bonchev–Trinajstić information content (AvgIpc) is 2.16. The Morgan fingerprint density at radius 2 is 2.07 bits per heavy atom. The SMILES string of the molecule is COC(=O)c1ccc(C(=O)Cl)cc1I. The number of hydrogen-bond donors (Lipinski definition) is 0. The van der Waals surface area contributed by atoms with Gasteiger partial charge in [0.1, 0.15) is 0 Å². The van der Waals surface area contributed by atoms with Crippen molar-refractivity contribution in [3.8, 4) is 0 Å². The molecule has 0 bridgehead atoms. The summed E-state index contributed by atoms with van der Waals surface area (Å²) in [4.78, 5) is 22.0. The zero-order valence-electron chi connectivity index (χ0n) is 7.21. The summed E-state index contributed by atoms with van der Waals surface area (Å²) in [5.41, 5.74) is 0.790. The number of carbonyl (C=O) groups excluding carboxylic acids is 2. The first kappa shape index (κ1) is 11.5. The molecule has 0 amide bonds. The van der Waals surface area contributed by atoms with Crippen molar-refractivity contribution >= 4 is 45.4 Å². The van der Waals surface area contributed by atoms with Gasteiger partial charge in [0.2, 0.25) is 0 Å². The lowest BCUT2D eigenvalue weighted by molar-refractivity contribution is 0.0599. The number of ether oxygens (including phenoxy) is 1. The Balaban J connectivity index is 3.14. The molecule has 1 aromatic rings. The normalized spacial score (nSPS) is 9.64. The molecule has 74 valence electrons. The molecule has 0 radical (unpaired) electrons. The summed E-state index contributed by atoms with van der Waals surface area (Å²) < 4.78 is 5.20. The molecule has 0 N–H and O–H groups in total. The van der Waals surface area contributed by atoms with E-state index in [4.69, 9.17) is 11.6 Å². The maximum absolute atomic E-state index is 11.2. The number of halogens is 2. The molecule has 1 aromatic carbocycles. The van der Waals surface area contributed by atoms with E-state index in [2.05, 4.69) is 4.74 Å². The van der Waals surface area contributed by atoms with E-state index in [-0.39, 0.29) is 0 Å². The van der Waals surface area contributed by atoms with Gasteiger partial charge in [0.15, 0.2) is 0 Å². The van der Waals surface area contributed by atoms with Crippen LogP contribution >= 0.6 is 34.2 Å². The van der Waals surface area contributed by atoms with Crippen LogP contribution in [-0.4, -0.2) is 18.3 Å². The van der Waals surface area contributed by atoms with Gasteiger partial charge in [-0.25, -0.2) is 4.79 Å². The molecule has 0 aliphatic rings. The third kappa shape index (κ3) is 2.45. The predicted octanol–water partition coefficient (Wildman–Crippen LogP) is 2.46. The molecule has 0 aliphatic heterocycles. The van der Waals surface area contributed by atoms with Crippen LogP contribution in [0.1, 0.15) is 20.7 Å². The van der Waals surface area contributed by atoms with Crippen molar-refractivity contribution in [3.63, 3.8) is 0 Å². The molecule has 0 unspecified atom stereocenters. The van der Waals surface area contributed by atoms with Gasteiger partial charge in [0.25, 0.3) is 5.24 Å². The zero-order valence-corrected chi connectivity index (χ0v) is 10.1. The van der Waals surface area contributed by atoms with E-state index >= 15 is 0 Å². The molecule has 0 heterocycles. The molecule has 5 heteroatoms. The van der Waals surface area contributed by atoms with Gasteiger partial charge in [-0.2, -0.15) is 0 Å². The van der Waals surface area contributed by atoms with Gasteiger partial charge in [-0.1, -0.05) is 0 Å². The smallest absolute Gasteiger partial charge is 0.338 e. The van der Waals surface area contributed by atoms with Crippen molar-refractivity contribution in [1.82, 2.24) is 0 Å². The van der Waals surface area contributed by atoms with Gasteiger partial charge in [0, 0.05) is 9.13 Å². The van der Waals surface area contributed by atoms with Crippen molar-refractivity contribution < 1.29 is 14.3 Å². The first-order valence-electron chi connectivity index (χ1n) is 3.64. The predicted molar refractivity (Wildman–Crippen MR) is 60.7 cm³/mol. The summed E-state index contributed by atoms with van der Waals surface area (Å²) in [6.45, 7) is 0. The summed E-state index contributed by atoms with van der Waals surface area (Å²) in [6, 6.07) is 4.55. The lowest BCUT2D eigenvalue weighted by Gasteiger charge is -2.02. The molecular weight excluding hydrogens is 318 g/mol. The van der Waals surface area contributed by atoms with Gasteiger partial charge in [-0.3, -0.25) is 4.79 Å². The zero-order chi connectivity index (χ0) is 10.7. The maximum atomic E-state index is 11.2. The molecule has 0 aromatic heterocycles. The summed E-state index contributed by atoms with van der Waals surface area (Å²) in [5.74, 6) is -0.428.